The van der Waals surface area contributed by atoms with Crippen LogP contribution in [0.3, 0.4) is 0 Å². The van der Waals surface area contributed by atoms with E-state index in [0.717, 1.165) is 0 Å². The lowest BCUT2D eigenvalue weighted by atomic mass is 10.1. The molecule has 1 aromatic rings. The summed E-state index contributed by atoms with van der Waals surface area (Å²) < 4.78 is 13.6. The molecule has 0 aromatic heterocycles. The average molecular weight is 324 g/mol. The van der Waals surface area contributed by atoms with Crippen molar-refractivity contribution < 1.29 is 14.0 Å². The van der Waals surface area contributed by atoms with Gasteiger partial charge in [-0.15, -0.1) is 0 Å². The highest BCUT2D eigenvalue weighted by atomic mass is 35.5. The van der Waals surface area contributed by atoms with Crippen molar-refractivity contribution in [3.8, 4) is 0 Å². The van der Waals surface area contributed by atoms with Crippen LogP contribution in [0.4, 0.5) is 4.39 Å². The molecule has 86 valence electrons. The van der Waals surface area contributed by atoms with Crippen LogP contribution < -0.4 is 0 Å². The van der Waals surface area contributed by atoms with Crippen molar-refractivity contribution in [2.24, 2.45) is 0 Å². The van der Waals surface area contributed by atoms with Crippen molar-refractivity contribution in [2.75, 3.05) is 0 Å². The highest BCUT2D eigenvalue weighted by Gasteiger charge is 2.27. The molecule has 2 nitrogen and oxygen atoms in total. The Morgan fingerprint density at radius 2 is 1.12 bits per heavy atom. The van der Waals surface area contributed by atoms with Gasteiger partial charge in [0.25, 0.3) is 10.5 Å². The van der Waals surface area contributed by atoms with Crippen molar-refractivity contribution in [3.63, 3.8) is 0 Å². The molecule has 0 saturated carbocycles. The standard InChI is InChI=1S/C8Cl5FO2/c9-3-1(7(12)15)6(14)2(8(13)16)4(10)5(3)11. The summed E-state index contributed by atoms with van der Waals surface area (Å²) in [4.78, 5) is 21.8. The summed E-state index contributed by atoms with van der Waals surface area (Å²) in [5.74, 6) is -1.29. The van der Waals surface area contributed by atoms with Crippen LogP contribution in [-0.4, -0.2) is 10.5 Å². The van der Waals surface area contributed by atoms with Crippen LogP contribution >= 0.6 is 58.0 Å². The zero-order valence-corrected chi connectivity index (χ0v) is 10.9. The number of carbonyl (C=O) groups excluding carboxylic acids is 2. The van der Waals surface area contributed by atoms with Gasteiger partial charge in [-0.3, -0.25) is 9.59 Å². The molecule has 0 fully saturated rings. The molecule has 0 radical (unpaired) electrons. The number of rotatable bonds is 2. The molecule has 0 amide bonds. The molecule has 0 bridgehead atoms. The Morgan fingerprint density at radius 1 is 0.812 bits per heavy atom. The summed E-state index contributed by atoms with van der Waals surface area (Å²) in [7, 11) is 0. The molecule has 1 aromatic carbocycles. The van der Waals surface area contributed by atoms with Gasteiger partial charge in [-0.2, -0.15) is 0 Å². The lowest BCUT2D eigenvalue weighted by Crippen LogP contribution is -2.05. The van der Waals surface area contributed by atoms with Gasteiger partial charge in [-0.1, -0.05) is 34.8 Å². The first-order valence-corrected chi connectivity index (χ1v) is 5.43. The van der Waals surface area contributed by atoms with Crippen molar-refractivity contribution >= 4 is 68.5 Å². The fourth-order valence-corrected chi connectivity index (χ4v) is 2.19. The lowest BCUT2D eigenvalue weighted by Gasteiger charge is -2.09. The van der Waals surface area contributed by atoms with Crippen LogP contribution in [0.15, 0.2) is 0 Å². The molecule has 16 heavy (non-hydrogen) atoms. The normalized spacial score (nSPS) is 10.4. The molecule has 1 rings (SSSR count). The Kier molecular flexibility index (Phi) is 4.43. The molecule has 8 heteroatoms. The number of halogens is 6. The number of benzene rings is 1. The summed E-state index contributed by atoms with van der Waals surface area (Å²) >= 11 is 26.9. The van der Waals surface area contributed by atoms with E-state index in [4.69, 9.17) is 58.0 Å². The van der Waals surface area contributed by atoms with Crippen LogP contribution in [-0.2, 0) is 0 Å². The monoisotopic (exact) mass is 322 g/mol. The first-order chi connectivity index (χ1) is 7.29. The zero-order chi connectivity index (χ0) is 12.6. The fourth-order valence-electron chi connectivity index (χ4n) is 0.979. The SMILES string of the molecule is O=C(Cl)c1c(F)c(C(=O)Cl)c(Cl)c(Cl)c1Cl. The van der Waals surface area contributed by atoms with E-state index in [-0.39, 0.29) is 5.02 Å². The maximum atomic E-state index is 13.6. The molecule has 0 atom stereocenters. The maximum absolute atomic E-state index is 13.6. The largest absolute Gasteiger partial charge is 0.275 e. The minimum Gasteiger partial charge on any atom is -0.275 e. The van der Waals surface area contributed by atoms with Gasteiger partial charge in [0.05, 0.1) is 26.2 Å². The van der Waals surface area contributed by atoms with E-state index in [1.165, 1.54) is 0 Å². The smallest absolute Gasteiger partial charge is 0.256 e. The van der Waals surface area contributed by atoms with E-state index in [0.29, 0.717) is 0 Å². The van der Waals surface area contributed by atoms with Gasteiger partial charge in [0, 0.05) is 0 Å². The van der Waals surface area contributed by atoms with Gasteiger partial charge in [0.2, 0.25) is 0 Å². The second-order valence-electron chi connectivity index (χ2n) is 2.55. The summed E-state index contributed by atoms with van der Waals surface area (Å²) in [6, 6.07) is 0. The van der Waals surface area contributed by atoms with Crippen molar-refractivity contribution in [1.29, 1.82) is 0 Å². The van der Waals surface area contributed by atoms with Crippen LogP contribution in [0.25, 0.3) is 0 Å². The summed E-state index contributed by atoms with van der Waals surface area (Å²) in [5, 5.41) is -3.71. The lowest BCUT2D eigenvalue weighted by molar-refractivity contribution is 0.107. The van der Waals surface area contributed by atoms with Crippen LogP contribution in [0, 0.1) is 5.82 Å². The molecule has 0 heterocycles. The van der Waals surface area contributed by atoms with Crippen LogP contribution in [0.1, 0.15) is 20.7 Å². The van der Waals surface area contributed by atoms with Gasteiger partial charge in [0.15, 0.2) is 5.82 Å². The Labute approximate surface area is 114 Å². The van der Waals surface area contributed by atoms with Crippen LogP contribution in [0.5, 0.6) is 0 Å². The quantitative estimate of drug-likeness (QED) is 0.454. The number of hydrogen-bond donors (Lipinski definition) is 0. The fraction of sp³-hybridized carbons (Fsp3) is 0. The molecule has 0 N–H and O–H groups in total. The topological polar surface area (TPSA) is 34.1 Å². The molecule has 0 aliphatic rings. The Hall–Kier alpha value is -0.0600. The van der Waals surface area contributed by atoms with E-state index in [2.05, 4.69) is 0 Å². The molecular formula is C8Cl5FO2. The second kappa shape index (κ2) is 5.07. The molecule has 0 saturated heterocycles. The summed E-state index contributed by atoms with van der Waals surface area (Å²) in [6.45, 7) is 0. The third-order valence-corrected chi connectivity index (χ3v) is 3.36. The number of carbonyl (C=O) groups is 2. The number of hydrogen-bond acceptors (Lipinski definition) is 2. The van der Waals surface area contributed by atoms with Crippen molar-refractivity contribution in [3.05, 3.63) is 32.0 Å². The van der Waals surface area contributed by atoms with Gasteiger partial charge in [-0.25, -0.2) is 4.39 Å². The highest BCUT2D eigenvalue weighted by Crippen LogP contribution is 2.39. The van der Waals surface area contributed by atoms with Gasteiger partial charge >= 0.3 is 0 Å². The zero-order valence-electron chi connectivity index (χ0n) is 7.08. The molecule has 0 aliphatic heterocycles. The highest BCUT2D eigenvalue weighted by molar-refractivity contribution is 6.71. The van der Waals surface area contributed by atoms with Gasteiger partial charge in [0.1, 0.15) is 0 Å². The third kappa shape index (κ3) is 2.29. The minimum atomic E-state index is -1.29. The minimum absolute atomic E-state index is 0.363. The predicted molar refractivity (Wildman–Crippen MR) is 61.8 cm³/mol. The first-order valence-electron chi connectivity index (χ1n) is 3.54. The molecule has 0 aliphatic carbocycles. The van der Waals surface area contributed by atoms with Gasteiger partial charge < -0.3 is 0 Å². The van der Waals surface area contributed by atoms with Gasteiger partial charge in [-0.05, 0) is 23.2 Å². The first kappa shape index (κ1) is 14.0. The predicted octanol–water partition coefficient (Wildman–Crippen LogP) is 4.54. The van der Waals surface area contributed by atoms with Crippen LogP contribution in [0.2, 0.25) is 15.1 Å². The van der Waals surface area contributed by atoms with E-state index in [1.54, 1.807) is 0 Å². The summed E-state index contributed by atoms with van der Waals surface area (Å²) in [5.41, 5.74) is -1.47. The molecule has 0 unspecified atom stereocenters. The van der Waals surface area contributed by atoms with Crippen molar-refractivity contribution in [1.82, 2.24) is 0 Å². The molecular weight excluding hydrogens is 324 g/mol. The maximum Gasteiger partial charge on any atom is 0.256 e. The van der Waals surface area contributed by atoms with Crippen molar-refractivity contribution in [2.45, 2.75) is 0 Å². The Morgan fingerprint density at radius 3 is 1.38 bits per heavy atom. The average Bonchev–Trinajstić information content (AvgIpc) is 2.13. The summed E-state index contributed by atoms with van der Waals surface area (Å²) in [6.07, 6.45) is 0. The Balaban J connectivity index is 3.80. The van der Waals surface area contributed by atoms with E-state index >= 15 is 0 Å². The second-order valence-corrected chi connectivity index (χ2v) is 4.37. The third-order valence-electron chi connectivity index (χ3n) is 1.66. The van der Waals surface area contributed by atoms with E-state index < -0.39 is 37.5 Å². The molecule has 0 spiro atoms. The van der Waals surface area contributed by atoms with E-state index in [9.17, 15) is 14.0 Å². The van der Waals surface area contributed by atoms with E-state index in [1.807, 2.05) is 0 Å². The Bertz CT molecular complexity index is 459.